The Labute approximate surface area is 140 Å². The Morgan fingerprint density at radius 2 is 2.22 bits per heavy atom. The number of nitrogens with zero attached hydrogens (tertiary/aromatic N) is 3. The molecular formula is C17H21N3O2S. The Bertz CT molecular complexity index is 638. The van der Waals surface area contributed by atoms with E-state index in [1.165, 1.54) is 20.0 Å². The summed E-state index contributed by atoms with van der Waals surface area (Å²) in [5, 5.41) is 2.98. The summed E-state index contributed by atoms with van der Waals surface area (Å²) in [5.41, 5.74) is 1.88. The molecule has 2 aromatic heterocycles. The monoisotopic (exact) mass is 331 g/mol. The minimum atomic E-state index is -0.183. The summed E-state index contributed by atoms with van der Waals surface area (Å²) in [4.78, 5) is 22.9. The predicted molar refractivity (Wildman–Crippen MR) is 90.0 cm³/mol. The molecule has 5 nitrogen and oxygen atoms in total. The summed E-state index contributed by atoms with van der Waals surface area (Å²) < 4.78 is 4.84. The quantitative estimate of drug-likeness (QED) is 0.761. The lowest BCUT2D eigenvalue weighted by atomic mass is 10.2. The molecule has 0 bridgehead atoms. The van der Waals surface area contributed by atoms with Gasteiger partial charge in [-0.15, -0.1) is 11.3 Å². The molecule has 1 fully saturated rings. The fourth-order valence-corrected chi connectivity index (χ4v) is 3.79. The lowest BCUT2D eigenvalue weighted by Gasteiger charge is -2.26. The number of thiazole rings is 1. The van der Waals surface area contributed by atoms with Gasteiger partial charge in [0.1, 0.15) is 5.01 Å². The minimum absolute atomic E-state index is 0.183. The molecule has 23 heavy (non-hydrogen) atoms. The maximum absolute atomic E-state index is 11.7. The van der Waals surface area contributed by atoms with Crippen LogP contribution in [0, 0.1) is 0 Å². The third-order valence-electron chi connectivity index (χ3n) is 4.20. The van der Waals surface area contributed by atoms with Crippen molar-refractivity contribution in [2.45, 2.75) is 38.3 Å². The van der Waals surface area contributed by atoms with Gasteiger partial charge < -0.3 is 4.74 Å². The van der Waals surface area contributed by atoms with Gasteiger partial charge >= 0.3 is 5.97 Å². The van der Waals surface area contributed by atoms with Crippen LogP contribution in [-0.4, -0.2) is 40.5 Å². The normalized spacial score (nSPS) is 15.2. The van der Waals surface area contributed by atoms with Crippen molar-refractivity contribution in [2.24, 2.45) is 0 Å². The van der Waals surface area contributed by atoms with Gasteiger partial charge in [0.05, 0.1) is 25.0 Å². The van der Waals surface area contributed by atoms with Crippen LogP contribution in [0.25, 0.3) is 10.7 Å². The van der Waals surface area contributed by atoms with E-state index in [2.05, 4.69) is 20.2 Å². The smallest absolute Gasteiger partial charge is 0.319 e. The lowest BCUT2D eigenvalue weighted by molar-refractivity contribution is -0.142. The standard InChI is InChI=1S/C17H21N3O2S/c1-22-16(21)11-20(14-6-2-3-7-14)10-13-12-23-17(19-13)15-8-4-5-9-18-15/h4-5,8-9,12,14H,2-3,6-7,10-11H2,1H3. The van der Waals surface area contributed by atoms with Gasteiger partial charge in [-0.05, 0) is 25.0 Å². The van der Waals surface area contributed by atoms with Crippen molar-refractivity contribution in [2.75, 3.05) is 13.7 Å². The number of hydrogen-bond acceptors (Lipinski definition) is 6. The Morgan fingerprint density at radius 1 is 1.39 bits per heavy atom. The topological polar surface area (TPSA) is 55.3 Å². The van der Waals surface area contributed by atoms with Gasteiger partial charge in [-0.25, -0.2) is 4.98 Å². The summed E-state index contributed by atoms with van der Waals surface area (Å²) >= 11 is 1.60. The zero-order chi connectivity index (χ0) is 16.1. The molecule has 0 aliphatic heterocycles. The zero-order valence-electron chi connectivity index (χ0n) is 13.3. The average molecular weight is 331 g/mol. The van der Waals surface area contributed by atoms with Crippen molar-refractivity contribution in [3.05, 3.63) is 35.5 Å². The molecule has 1 aliphatic carbocycles. The number of hydrogen-bond donors (Lipinski definition) is 0. The van der Waals surface area contributed by atoms with Crippen molar-refractivity contribution in [1.29, 1.82) is 0 Å². The van der Waals surface area contributed by atoms with Crippen LogP contribution in [0.2, 0.25) is 0 Å². The summed E-state index contributed by atoms with van der Waals surface area (Å²) in [5.74, 6) is -0.183. The first kappa shape index (κ1) is 16.1. The van der Waals surface area contributed by atoms with Crippen LogP contribution < -0.4 is 0 Å². The molecule has 6 heteroatoms. The van der Waals surface area contributed by atoms with Crippen molar-refractivity contribution >= 4 is 17.3 Å². The molecule has 122 valence electrons. The molecule has 2 aromatic rings. The van der Waals surface area contributed by atoms with E-state index in [0.717, 1.165) is 29.2 Å². The van der Waals surface area contributed by atoms with Crippen molar-refractivity contribution < 1.29 is 9.53 Å². The Kier molecular flexibility index (Phi) is 5.35. The fourth-order valence-electron chi connectivity index (χ4n) is 3.01. The second-order valence-electron chi connectivity index (χ2n) is 5.78. The number of carbonyl (C=O) groups is 1. The average Bonchev–Trinajstić information content (AvgIpc) is 3.26. The Hall–Kier alpha value is -1.79. The summed E-state index contributed by atoms with van der Waals surface area (Å²) in [6.45, 7) is 1.01. The SMILES string of the molecule is COC(=O)CN(Cc1csc(-c2ccccn2)n1)C1CCCC1. The van der Waals surface area contributed by atoms with Crippen LogP contribution in [0.15, 0.2) is 29.8 Å². The van der Waals surface area contributed by atoms with Gasteiger partial charge in [0.15, 0.2) is 0 Å². The third kappa shape index (κ3) is 4.14. The molecule has 0 atom stereocenters. The number of pyridine rings is 1. The maximum Gasteiger partial charge on any atom is 0.319 e. The minimum Gasteiger partial charge on any atom is -0.468 e. The highest BCUT2D eigenvalue weighted by atomic mass is 32.1. The van der Waals surface area contributed by atoms with E-state index in [4.69, 9.17) is 4.74 Å². The molecule has 0 saturated heterocycles. The highest BCUT2D eigenvalue weighted by molar-refractivity contribution is 7.13. The van der Waals surface area contributed by atoms with E-state index in [1.807, 2.05) is 18.2 Å². The number of aromatic nitrogens is 2. The molecule has 2 heterocycles. The summed E-state index contributed by atoms with van der Waals surface area (Å²) in [7, 11) is 1.44. The second-order valence-corrected chi connectivity index (χ2v) is 6.64. The molecule has 1 saturated carbocycles. The largest absolute Gasteiger partial charge is 0.468 e. The maximum atomic E-state index is 11.7. The third-order valence-corrected chi connectivity index (χ3v) is 5.12. The van der Waals surface area contributed by atoms with Gasteiger partial charge in [-0.2, -0.15) is 0 Å². The molecule has 0 N–H and O–H groups in total. The first-order valence-electron chi connectivity index (χ1n) is 7.93. The number of ether oxygens (including phenoxy) is 1. The van der Waals surface area contributed by atoms with Crippen molar-refractivity contribution in [3.8, 4) is 10.7 Å². The van der Waals surface area contributed by atoms with Crippen LogP contribution >= 0.6 is 11.3 Å². The van der Waals surface area contributed by atoms with Crippen LogP contribution in [-0.2, 0) is 16.1 Å². The second kappa shape index (κ2) is 7.66. The lowest BCUT2D eigenvalue weighted by Crippen LogP contribution is -2.37. The van der Waals surface area contributed by atoms with Gasteiger partial charge in [0, 0.05) is 24.2 Å². The van der Waals surface area contributed by atoms with Crippen molar-refractivity contribution in [1.82, 2.24) is 14.9 Å². The van der Waals surface area contributed by atoms with Gasteiger partial charge in [-0.3, -0.25) is 14.7 Å². The van der Waals surface area contributed by atoms with E-state index < -0.39 is 0 Å². The highest BCUT2D eigenvalue weighted by Crippen LogP contribution is 2.27. The van der Waals surface area contributed by atoms with Crippen LogP contribution in [0.4, 0.5) is 0 Å². The zero-order valence-corrected chi connectivity index (χ0v) is 14.1. The van der Waals surface area contributed by atoms with E-state index in [9.17, 15) is 4.79 Å². The number of methoxy groups -OCH3 is 1. The molecule has 0 aromatic carbocycles. The van der Waals surface area contributed by atoms with E-state index in [1.54, 1.807) is 17.5 Å². The first-order valence-corrected chi connectivity index (χ1v) is 8.81. The molecule has 1 aliphatic rings. The molecule has 3 rings (SSSR count). The Balaban J connectivity index is 1.72. The molecule has 0 amide bonds. The Morgan fingerprint density at radius 3 is 2.91 bits per heavy atom. The summed E-state index contributed by atoms with van der Waals surface area (Å²) in [6.07, 6.45) is 6.54. The van der Waals surface area contributed by atoms with Gasteiger partial charge in [0.25, 0.3) is 0 Å². The van der Waals surface area contributed by atoms with E-state index in [-0.39, 0.29) is 5.97 Å². The molecular weight excluding hydrogens is 310 g/mol. The van der Waals surface area contributed by atoms with E-state index >= 15 is 0 Å². The summed E-state index contributed by atoms with van der Waals surface area (Å²) in [6, 6.07) is 6.28. The number of carbonyl (C=O) groups excluding carboxylic acids is 1. The van der Waals surface area contributed by atoms with Crippen molar-refractivity contribution in [3.63, 3.8) is 0 Å². The number of rotatable bonds is 6. The van der Waals surface area contributed by atoms with Gasteiger partial charge in [-0.1, -0.05) is 18.9 Å². The first-order chi connectivity index (χ1) is 11.3. The van der Waals surface area contributed by atoms with Crippen LogP contribution in [0.3, 0.4) is 0 Å². The van der Waals surface area contributed by atoms with Crippen LogP contribution in [0.1, 0.15) is 31.4 Å². The highest BCUT2D eigenvalue weighted by Gasteiger charge is 2.25. The molecule has 0 radical (unpaired) electrons. The van der Waals surface area contributed by atoms with Gasteiger partial charge in [0.2, 0.25) is 0 Å². The van der Waals surface area contributed by atoms with E-state index in [0.29, 0.717) is 19.1 Å². The fraction of sp³-hybridized carbons (Fsp3) is 0.471. The number of esters is 1. The predicted octanol–water partition coefficient (Wildman–Crippen LogP) is 3.12. The molecule has 0 unspecified atom stereocenters. The molecule has 0 spiro atoms. The van der Waals surface area contributed by atoms with Crippen LogP contribution in [0.5, 0.6) is 0 Å².